The molecule has 1 rings (SSSR count). The van der Waals surface area contributed by atoms with Gasteiger partial charge >= 0.3 is 0 Å². The highest BCUT2D eigenvalue weighted by Gasteiger charge is 2.24. The summed E-state index contributed by atoms with van der Waals surface area (Å²) in [6.07, 6.45) is 1.44. The fourth-order valence-corrected chi connectivity index (χ4v) is 3.94. The van der Waals surface area contributed by atoms with Crippen LogP contribution in [0, 0.1) is 0 Å². The molecule has 1 fully saturated rings. The molecule has 2 N–H and O–H groups in total. The Balaban J connectivity index is 2.34. The molecule has 1 unspecified atom stereocenters. The number of hydrogen-bond acceptors (Lipinski definition) is 5. The molecule has 8 heteroatoms. The Bertz CT molecular complexity index is 415. The topological polar surface area (TPSA) is 92.3 Å². The van der Waals surface area contributed by atoms with Crippen LogP contribution in [-0.2, 0) is 19.9 Å². The Labute approximate surface area is 96.8 Å². The zero-order chi connectivity index (χ0) is 12.2. The SMILES string of the molecule is CNS(=O)(=O)CCNC1CCCS(=O)(=O)C1. The highest BCUT2D eigenvalue weighted by atomic mass is 32.2. The van der Waals surface area contributed by atoms with Crippen LogP contribution in [0.4, 0.5) is 0 Å². The zero-order valence-corrected chi connectivity index (χ0v) is 10.9. The van der Waals surface area contributed by atoms with Crippen LogP contribution < -0.4 is 10.0 Å². The third kappa shape index (κ3) is 4.77. The molecule has 96 valence electrons. The fourth-order valence-electron chi connectivity index (χ4n) is 1.68. The summed E-state index contributed by atoms with van der Waals surface area (Å²) in [5.41, 5.74) is 0. The molecule has 1 atom stereocenters. The summed E-state index contributed by atoms with van der Waals surface area (Å²) in [6.45, 7) is 0.281. The van der Waals surface area contributed by atoms with Crippen molar-refractivity contribution in [2.75, 3.05) is 30.9 Å². The van der Waals surface area contributed by atoms with Crippen LogP contribution in [0.2, 0.25) is 0 Å². The summed E-state index contributed by atoms with van der Waals surface area (Å²) in [4.78, 5) is 0. The van der Waals surface area contributed by atoms with Crippen molar-refractivity contribution in [2.24, 2.45) is 0 Å². The molecular formula is C8H18N2O4S2. The quantitative estimate of drug-likeness (QED) is 0.648. The summed E-state index contributed by atoms with van der Waals surface area (Å²) in [5.74, 6) is 0.340. The predicted molar refractivity (Wildman–Crippen MR) is 62.5 cm³/mol. The first-order chi connectivity index (χ1) is 7.35. The zero-order valence-electron chi connectivity index (χ0n) is 9.27. The van der Waals surface area contributed by atoms with Gasteiger partial charge in [0, 0.05) is 12.6 Å². The third-order valence-corrected chi connectivity index (χ3v) is 5.76. The number of nitrogens with one attached hydrogen (secondary N) is 2. The van der Waals surface area contributed by atoms with Crippen molar-refractivity contribution in [3.05, 3.63) is 0 Å². The minimum absolute atomic E-state index is 0.0277. The molecule has 0 aromatic heterocycles. The Hall–Kier alpha value is -0.180. The van der Waals surface area contributed by atoms with Crippen LogP contribution in [-0.4, -0.2) is 53.7 Å². The van der Waals surface area contributed by atoms with Gasteiger partial charge in [-0.15, -0.1) is 0 Å². The largest absolute Gasteiger partial charge is 0.312 e. The first kappa shape index (κ1) is 13.9. The van der Waals surface area contributed by atoms with E-state index in [-0.39, 0.29) is 29.8 Å². The average molecular weight is 270 g/mol. The van der Waals surface area contributed by atoms with Gasteiger partial charge in [-0.2, -0.15) is 0 Å². The lowest BCUT2D eigenvalue weighted by Crippen LogP contribution is -2.42. The second-order valence-electron chi connectivity index (χ2n) is 3.93. The normalized spacial score (nSPS) is 25.4. The minimum atomic E-state index is -3.21. The molecule has 0 amide bonds. The van der Waals surface area contributed by atoms with Crippen molar-refractivity contribution in [3.63, 3.8) is 0 Å². The highest BCUT2D eigenvalue weighted by molar-refractivity contribution is 7.91. The van der Waals surface area contributed by atoms with Crippen LogP contribution in [0.15, 0.2) is 0 Å². The van der Waals surface area contributed by atoms with Crippen LogP contribution in [0.3, 0.4) is 0 Å². The van der Waals surface area contributed by atoms with Crippen molar-refractivity contribution in [1.82, 2.24) is 10.0 Å². The minimum Gasteiger partial charge on any atom is -0.312 e. The molecular weight excluding hydrogens is 252 g/mol. The van der Waals surface area contributed by atoms with Gasteiger partial charge in [-0.25, -0.2) is 21.6 Å². The summed E-state index contributed by atoms with van der Waals surface area (Å²) >= 11 is 0. The van der Waals surface area contributed by atoms with Gasteiger partial charge in [0.15, 0.2) is 9.84 Å². The first-order valence-electron chi connectivity index (χ1n) is 5.20. The lowest BCUT2D eigenvalue weighted by Gasteiger charge is -2.22. The second kappa shape index (κ2) is 5.44. The molecule has 0 aliphatic carbocycles. The van der Waals surface area contributed by atoms with E-state index in [9.17, 15) is 16.8 Å². The molecule has 6 nitrogen and oxygen atoms in total. The van der Waals surface area contributed by atoms with E-state index >= 15 is 0 Å². The van der Waals surface area contributed by atoms with E-state index in [1.54, 1.807) is 0 Å². The molecule has 0 radical (unpaired) electrons. The van der Waals surface area contributed by atoms with Gasteiger partial charge in [-0.05, 0) is 19.9 Å². The smallest absolute Gasteiger partial charge is 0.212 e. The molecule has 1 aliphatic heterocycles. The lowest BCUT2D eigenvalue weighted by molar-refractivity contribution is 0.489. The summed E-state index contributed by atoms with van der Waals surface area (Å²) < 4.78 is 47.0. The maximum atomic E-state index is 11.3. The maximum absolute atomic E-state index is 11.3. The lowest BCUT2D eigenvalue weighted by atomic mass is 10.2. The number of sulfonamides is 1. The second-order valence-corrected chi connectivity index (χ2v) is 8.21. The van der Waals surface area contributed by atoms with E-state index in [2.05, 4.69) is 10.0 Å². The Morgan fingerprint density at radius 3 is 2.62 bits per heavy atom. The van der Waals surface area contributed by atoms with Gasteiger partial charge < -0.3 is 5.32 Å². The van der Waals surface area contributed by atoms with Crippen LogP contribution >= 0.6 is 0 Å². The van der Waals surface area contributed by atoms with E-state index in [1.807, 2.05) is 0 Å². The molecule has 0 saturated carbocycles. The summed E-state index contributed by atoms with van der Waals surface area (Å²) in [6, 6.07) is -0.106. The van der Waals surface area contributed by atoms with Crippen LogP contribution in [0.25, 0.3) is 0 Å². The van der Waals surface area contributed by atoms with Gasteiger partial charge in [0.1, 0.15) is 0 Å². The van der Waals surface area contributed by atoms with Gasteiger partial charge in [0.05, 0.1) is 17.3 Å². The average Bonchev–Trinajstić information content (AvgIpc) is 2.16. The number of sulfone groups is 1. The summed E-state index contributed by atoms with van der Waals surface area (Å²) in [7, 11) is -4.78. The molecule has 0 spiro atoms. The Morgan fingerprint density at radius 1 is 1.38 bits per heavy atom. The monoisotopic (exact) mass is 270 g/mol. The van der Waals surface area contributed by atoms with Crippen molar-refractivity contribution in [1.29, 1.82) is 0 Å². The van der Waals surface area contributed by atoms with Crippen LogP contribution in [0.1, 0.15) is 12.8 Å². The molecule has 1 saturated heterocycles. The first-order valence-corrected chi connectivity index (χ1v) is 8.67. The highest BCUT2D eigenvalue weighted by Crippen LogP contribution is 2.11. The molecule has 1 aliphatic rings. The number of hydrogen-bond donors (Lipinski definition) is 2. The van der Waals surface area contributed by atoms with Crippen LogP contribution in [0.5, 0.6) is 0 Å². The van der Waals surface area contributed by atoms with E-state index in [4.69, 9.17) is 0 Å². The van der Waals surface area contributed by atoms with Crippen molar-refractivity contribution in [2.45, 2.75) is 18.9 Å². The van der Waals surface area contributed by atoms with E-state index in [1.165, 1.54) is 7.05 Å². The van der Waals surface area contributed by atoms with Gasteiger partial charge in [-0.1, -0.05) is 0 Å². The van der Waals surface area contributed by atoms with Gasteiger partial charge in [0.2, 0.25) is 10.0 Å². The standard InChI is InChI=1S/C8H18N2O4S2/c1-9-16(13,14)6-4-10-8-3-2-5-15(11,12)7-8/h8-10H,2-7H2,1H3. The van der Waals surface area contributed by atoms with Crippen molar-refractivity contribution >= 4 is 19.9 Å². The van der Waals surface area contributed by atoms with E-state index in [0.717, 1.165) is 6.42 Å². The number of rotatable bonds is 5. The van der Waals surface area contributed by atoms with Crippen molar-refractivity contribution < 1.29 is 16.8 Å². The molecule has 16 heavy (non-hydrogen) atoms. The Morgan fingerprint density at radius 2 is 2.06 bits per heavy atom. The van der Waals surface area contributed by atoms with Gasteiger partial charge in [0.25, 0.3) is 0 Å². The predicted octanol–water partition coefficient (Wildman–Crippen LogP) is -1.30. The molecule has 0 aromatic carbocycles. The molecule has 0 bridgehead atoms. The Kier molecular flexibility index (Phi) is 4.72. The fraction of sp³-hybridized carbons (Fsp3) is 1.00. The molecule has 1 heterocycles. The van der Waals surface area contributed by atoms with Gasteiger partial charge in [-0.3, -0.25) is 0 Å². The van der Waals surface area contributed by atoms with E-state index < -0.39 is 19.9 Å². The third-order valence-electron chi connectivity index (χ3n) is 2.58. The summed E-state index contributed by atoms with van der Waals surface area (Å²) in [5, 5.41) is 2.97. The molecule has 0 aromatic rings. The van der Waals surface area contributed by atoms with E-state index in [0.29, 0.717) is 6.42 Å². The maximum Gasteiger partial charge on any atom is 0.212 e. The van der Waals surface area contributed by atoms with Crippen molar-refractivity contribution in [3.8, 4) is 0 Å².